The number of benzene rings is 4. The van der Waals surface area contributed by atoms with E-state index in [0.29, 0.717) is 11.8 Å². The second-order valence-electron chi connectivity index (χ2n) is 15.4. The van der Waals surface area contributed by atoms with Gasteiger partial charge >= 0.3 is 0 Å². The Hall–Kier alpha value is -4.90. The van der Waals surface area contributed by atoms with Crippen LogP contribution in [0, 0.1) is 26.0 Å². The molecule has 4 heterocycles. The van der Waals surface area contributed by atoms with Gasteiger partial charge in [-0.05, 0) is 53.3 Å². The minimum Gasteiger partial charge on any atom is -0.501 e. The second-order valence-corrected chi connectivity index (χ2v) is 15.4. The van der Waals surface area contributed by atoms with E-state index >= 15 is 0 Å². The van der Waals surface area contributed by atoms with E-state index in [-0.39, 0.29) is 25.5 Å². The van der Waals surface area contributed by atoms with Gasteiger partial charge in [-0.2, -0.15) is 0 Å². The molecule has 0 N–H and O–H groups in total. The predicted molar refractivity (Wildman–Crippen MR) is 215 cm³/mol. The van der Waals surface area contributed by atoms with Gasteiger partial charge in [-0.1, -0.05) is 115 Å². The Labute approximate surface area is 326 Å². The topological polar surface area (TPSA) is 56.7 Å². The van der Waals surface area contributed by atoms with E-state index in [1.807, 2.05) is 55.7 Å². The summed E-state index contributed by atoms with van der Waals surface area (Å²) in [6.45, 7) is 19.7. The number of nitrogens with zero attached hydrogens (tertiary/aromatic N) is 4. The first-order valence-corrected chi connectivity index (χ1v) is 18.2. The Bertz CT molecular complexity index is 2450. The molecule has 0 aliphatic rings. The van der Waals surface area contributed by atoms with Gasteiger partial charge in [-0.15, -0.1) is 53.6 Å². The van der Waals surface area contributed by atoms with Crippen molar-refractivity contribution in [2.75, 3.05) is 0 Å². The predicted octanol–water partition coefficient (Wildman–Crippen LogP) is 12.5. The summed E-state index contributed by atoms with van der Waals surface area (Å²) in [5, 5.41) is 2.17. The molecule has 0 spiro atoms. The van der Waals surface area contributed by atoms with Crippen LogP contribution in [0.15, 0.2) is 108 Å². The second kappa shape index (κ2) is 15.2. The van der Waals surface area contributed by atoms with Crippen molar-refractivity contribution < 1.29 is 24.5 Å². The molecule has 5 nitrogen and oxygen atoms in total. The van der Waals surface area contributed by atoms with Crippen molar-refractivity contribution in [1.82, 2.24) is 19.5 Å². The van der Waals surface area contributed by atoms with Crippen LogP contribution in [-0.4, -0.2) is 19.5 Å². The van der Waals surface area contributed by atoms with E-state index in [1.165, 1.54) is 27.9 Å². The van der Waals surface area contributed by atoms with Crippen molar-refractivity contribution >= 4 is 33.0 Å². The molecule has 1 radical (unpaired) electrons. The van der Waals surface area contributed by atoms with Gasteiger partial charge in [0.1, 0.15) is 5.58 Å². The summed E-state index contributed by atoms with van der Waals surface area (Å²) < 4.78 is 8.76. The summed E-state index contributed by atoms with van der Waals surface area (Å²) in [6, 6.07) is 38.0. The molecule has 0 bridgehead atoms. The summed E-state index contributed by atoms with van der Waals surface area (Å²) in [4.78, 5) is 14.6. The molecule has 8 aromatic rings. The first kappa shape index (κ1) is 37.8. The molecule has 0 atom stereocenters. The molecular weight excluding hydrogens is 829 g/mol. The van der Waals surface area contributed by atoms with E-state index in [2.05, 4.69) is 132 Å². The van der Waals surface area contributed by atoms with Gasteiger partial charge in [0.25, 0.3) is 0 Å². The van der Waals surface area contributed by atoms with Crippen LogP contribution in [0.4, 0.5) is 0 Å². The summed E-state index contributed by atoms with van der Waals surface area (Å²) in [5.74, 6) is 1.50. The van der Waals surface area contributed by atoms with Gasteiger partial charge in [0, 0.05) is 48.5 Å². The van der Waals surface area contributed by atoms with Crippen LogP contribution in [0.5, 0.6) is 0 Å². The Morgan fingerprint density at radius 2 is 1.45 bits per heavy atom. The monoisotopic (exact) mass is 875 g/mol. The number of aryl methyl sites for hydroxylation is 2. The van der Waals surface area contributed by atoms with E-state index < -0.39 is 0 Å². The maximum atomic E-state index is 6.46. The SMILES string of the molecule is CC(C)c1cccc(C(C)C)c1-n1c(-c2[c-]ccc3c2oc2ccccc23)nc2cc(C(C)(C)C)ncc21.Cc1c[c-]c(-c2ccc(C)cn2)cc1.[Ir]. The summed E-state index contributed by atoms with van der Waals surface area (Å²) >= 11 is 0. The average Bonchev–Trinajstić information content (AvgIpc) is 3.70. The van der Waals surface area contributed by atoms with E-state index in [0.717, 1.165) is 61.3 Å². The number of aromatic nitrogens is 4. The zero-order chi connectivity index (χ0) is 36.7. The maximum absolute atomic E-state index is 6.46. The minimum atomic E-state index is -0.0814. The normalized spacial score (nSPS) is 11.7. The van der Waals surface area contributed by atoms with Gasteiger partial charge in [0.15, 0.2) is 0 Å². The van der Waals surface area contributed by atoms with Crippen LogP contribution >= 0.6 is 0 Å². The van der Waals surface area contributed by atoms with Crippen molar-refractivity contribution in [2.24, 2.45) is 0 Å². The molecule has 0 saturated heterocycles. The molecule has 0 aliphatic heterocycles. The molecule has 4 aromatic carbocycles. The molecule has 6 heteroatoms. The molecule has 0 fully saturated rings. The van der Waals surface area contributed by atoms with E-state index in [9.17, 15) is 0 Å². The molecule has 271 valence electrons. The van der Waals surface area contributed by atoms with Gasteiger partial charge in [0.2, 0.25) is 0 Å². The van der Waals surface area contributed by atoms with Crippen LogP contribution in [0.1, 0.15) is 88.2 Å². The molecule has 8 rings (SSSR count). The Kier molecular flexibility index (Phi) is 10.9. The van der Waals surface area contributed by atoms with Crippen LogP contribution in [-0.2, 0) is 25.5 Å². The smallest absolute Gasteiger partial charge is 0.120 e. The molecule has 0 saturated carbocycles. The number of rotatable bonds is 5. The van der Waals surface area contributed by atoms with Crippen molar-refractivity contribution in [2.45, 2.75) is 79.6 Å². The number of para-hydroxylation sites is 2. The first-order valence-electron chi connectivity index (χ1n) is 18.2. The Balaban J connectivity index is 0.000000269. The fourth-order valence-corrected chi connectivity index (χ4v) is 6.70. The van der Waals surface area contributed by atoms with Crippen LogP contribution < -0.4 is 0 Å². The third-order valence-electron chi connectivity index (χ3n) is 9.59. The summed E-state index contributed by atoms with van der Waals surface area (Å²) in [6.07, 6.45) is 3.87. The number of furan rings is 1. The van der Waals surface area contributed by atoms with Crippen LogP contribution in [0.2, 0.25) is 0 Å². The fourth-order valence-electron chi connectivity index (χ4n) is 6.70. The van der Waals surface area contributed by atoms with E-state index in [1.54, 1.807) is 0 Å². The number of imidazole rings is 1. The van der Waals surface area contributed by atoms with Crippen LogP contribution in [0.3, 0.4) is 0 Å². The third-order valence-corrected chi connectivity index (χ3v) is 9.59. The number of hydrogen-bond acceptors (Lipinski definition) is 4. The molecule has 0 unspecified atom stereocenters. The first-order chi connectivity index (χ1) is 24.9. The van der Waals surface area contributed by atoms with Crippen molar-refractivity contribution in [3.8, 4) is 28.3 Å². The largest absolute Gasteiger partial charge is 0.501 e. The minimum absolute atomic E-state index is 0. The van der Waals surface area contributed by atoms with Gasteiger partial charge in [-0.3, -0.25) is 9.97 Å². The van der Waals surface area contributed by atoms with Crippen molar-refractivity contribution in [3.63, 3.8) is 0 Å². The van der Waals surface area contributed by atoms with Gasteiger partial charge < -0.3 is 14.0 Å². The maximum Gasteiger partial charge on any atom is 0.120 e. The molecule has 0 amide bonds. The van der Waals surface area contributed by atoms with Crippen molar-refractivity contribution in [3.05, 3.63) is 143 Å². The molecular formula is C47H46IrN4O-2. The zero-order valence-corrected chi connectivity index (χ0v) is 34.4. The standard InChI is InChI=1S/C34H34N3O.C13H12N.Ir/c1-20(2)22-13-10-14-23(21(3)4)31(22)37-28-19-35-30(34(5,6)7)18-27(28)36-33(37)26-16-11-15-25-24-12-8-9-17-29(24)38-32(25)26;1-10-3-6-12(7-4-10)13-8-5-11(2)9-14-13;/h8-15,17-21H,1-7H3;3-6,8-9H,1-2H3;/q2*-1;. The molecule has 0 aliphatic carbocycles. The van der Waals surface area contributed by atoms with E-state index in [4.69, 9.17) is 14.4 Å². The van der Waals surface area contributed by atoms with Crippen molar-refractivity contribution in [1.29, 1.82) is 0 Å². The summed E-state index contributed by atoms with van der Waals surface area (Å²) in [5.41, 5.74) is 13.6. The quantitative estimate of drug-likeness (QED) is 0.162. The Morgan fingerprint density at radius 1 is 0.736 bits per heavy atom. The van der Waals surface area contributed by atoms with Crippen LogP contribution in [0.25, 0.3) is 61.3 Å². The number of fused-ring (bicyclic) bond motifs is 4. The molecule has 53 heavy (non-hydrogen) atoms. The zero-order valence-electron chi connectivity index (χ0n) is 32.0. The fraction of sp³-hybridized carbons (Fsp3) is 0.255. The number of hydrogen-bond donors (Lipinski definition) is 0. The van der Waals surface area contributed by atoms with Gasteiger partial charge in [-0.25, -0.2) is 0 Å². The van der Waals surface area contributed by atoms with Gasteiger partial charge in [0.05, 0.1) is 28.6 Å². The Morgan fingerprint density at radius 3 is 2.09 bits per heavy atom. The molecule has 4 aromatic heterocycles. The summed E-state index contributed by atoms with van der Waals surface area (Å²) in [7, 11) is 0. The third kappa shape index (κ3) is 7.49. The average molecular weight is 875 g/mol. The number of pyridine rings is 2.